The first kappa shape index (κ1) is 38.1. The third kappa shape index (κ3) is 10.7. The standard InChI is InChI=1S/C43H50N2O7/c1-49-38-25-33(26-39(50-2)41(38)51-3)40(46)43(48)45-37-28-35(52-29-32-19-11-6-12-20-32)27-36(37)42(47)44-34(23-13-21-30-15-7-4-8-16-30)24-14-22-31-17-9-5-10-18-31/h4-12,15-20,25-26,34-37H,13-14,21-24,27-29H2,1-3H3,(H,44,47)(H,45,48)/t35-,36+,37+/m0/s1. The Kier molecular flexibility index (Phi) is 14.3. The van der Waals surface area contributed by atoms with Gasteiger partial charge in [-0.05, 0) is 80.2 Å². The van der Waals surface area contributed by atoms with Crippen LogP contribution in [0.5, 0.6) is 17.2 Å². The topological polar surface area (TPSA) is 112 Å². The first-order valence-corrected chi connectivity index (χ1v) is 18.1. The fraction of sp³-hybridized carbons (Fsp3) is 0.372. The van der Waals surface area contributed by atoms with Crippen LogP contribution in [-0.2, 0) is 33.8 Å². The summed E-state index contributed by atoms with van der Waals surface area (Å²) in [6.07, 6.45) is 5.88. The Morgan fingerprint density at radius 3 is 1.71 bits per heavy atom. The maximum absolute atomic E-state index is 14.2. The van der Waals surface area contributed by atoms with E-state index in [0.29, 0.717) is 25.2 Å². The lowest BCUT2D eigenvalue weighted by molar-refractivity contribution is -0.127. The summed E-state index contributed by atoms with van der Waals surface area (Å²) in [7, 11) is 4.35. The lowest BCUT2D eigenvalue weighted by atomic mass is 9.97. The van der Waals surface area contributed by atoms with E-state index in [4.69, 9.17) is 18.9 Å². The van der Waals surface area contributed by atoms with Crippen LogP contribution in [-0.4, -0.2) is 57.1 Å². The van der Waals surface area contributed by atoms with Crippen molar-refractivity contribution in [2.75, 3.05) is 21.3 Å². The number of Topliss-reactive ketones (excluding diaryl/α,β-unsaturated/α-hetero) is 1. The van der Waals surface area contributed by atoms with Crippen molar-refractivity contribution in [1.29, 1.82) is 0 Å². The third-order valence-corrected chi connectivity index (χ3v) is 9.70. The molecule has 1 fully saturated rings. The van der Waals surface area contributed by atoms with Crippen molar-refractivity contribution < 1.29 is 33.3 Å². The van der Waals surface area contributed by atoms with Gasteiger partial charge in [0, 0.05) is 17.6 Å². The molecule has 1 saturated carbocycles. The van der Waals surface area contributed by atoms with Crippen LogP contribution in [0.4, 0.5) is 0 Å². The number of hydrogen-bond acceptors (Lipinski definition) is 7. The van der Waals surface area contributed by atoms with Crippen LogP contribution in [0.1, 0.15) is 65.6 Å². The number of ether oxygens (including phenoxy) is 4. The second-order valence-corrected chi connectivity index (χ2v) is 13.3. The van der Waals surface area contributed by atoms with Crippen LogP contribution in [0.15, 0.2) is 103 Å². The summed E-state index contributed by atoms with van der Waals surface area (Å²) in [6, 6.07) is 32.8. The predicted octanol–water partition coefficient (Wildman–Crippen LogP) is 6.91. The zero-order valence-corrected chi connectivity index (χ0v) is 30.3. The molecule has 4 aromatic carbocycles. The van der Waals surface area contributed by atoms with Gasteiger partial charge in [0.2, 0.25) is 17.4 Å². The Hall–Kier alpha value is -5.15. The van der Waals surface area contributed by atoms with Crippen molar-refractivity contribution in [3.8, 4) is 17.2 Å². The van der Waals surface area contributed by atoms with E-state index < -0.39 is 23.7 Å². The fourth-order valence-corrected chi connectivity index (χ4v) is 6.93. The van der Waals surface area contributed by atoms with E-state index in [1.165, 1.54) is 44.6 Å². The summed E-state index contributed by atoms with van der Waals surface area (Å²) in [5.41, 5.74) is 3.64. The van der Waals surface area contributed by atoms with Crippen molar-refractivity contribution >= 4 is 17.6 Å². The summed E-state index contributed by atoms with van der Waals surface area (Å²) in [5.74, 6) is -1.47. The smallest absolute Gasteiger partial charge is 0.292 e. The van der Waals surface area contributed by atoms with Gasteiger partial charge in [0.15, 0.2) is 11.5 Å². The molecule has 2 N–H and O–H groups in total. The maximum Gasteiger partial charge on any atom is 0.292 e. The number of amides is 2. The molecule has 9 heteroatoms. The van der Waals surface area contributed by atoms with E-state index >= 15 is 0 Å². The van der Waals surface area contributed by atoms with Gasteiger partial charge >= 0.3 is 0 Å². The zero-order chi connectivity index (χ0) is 36.7. The summed E-state index contributed by atoms with van der Waals surface area (Å²) in [5, 5.41) is 6.26. The maximum atomic E-state index is 14.2. The Morgan fingerprint density at radius 1 is 0.692 bits per heavy atom. The number of nitrogens with one attached hydrogen (secondary N) is 2. The van der Waals surface area contributed by atoms with Crippen LogP contribution < -0.4 is 24.8 Å². The SMILES string of the molecule is COc1cc(C(=O)C(=O)N[C@@H]2C[C@@H](OCc3ccccc3)C[C@H]2C(=O)NC(CCCc2ccccc2)CCCc2ccccc2)cc(OC)c1OC. The Labute approximate surface area is 307 Å². The molecule has 9 nitrogen and oxygen atoms in total. The molecular weight excluding hydrogens is 656 g/mol. The predicted molar refractivity (Wildman–Crippen MR) is 201 cm³/mol. The Morgan fingerprint density at radius 2 is 1.21 bits per heavy atom. The first-order valence-electron chi connectivity index (χ1n) is 18.1. The van der Waals surface area contributed by atoms with E-state index in [1.54, 1.807) is 0 Å². The van der Waals surface area contributed by atoms with Crippen LogP contribution in [0.3, 0.4) is 0 Å². The quantitative estimate of drug-likeness (QED) is 0.0806. The van der Waals surface area contributed by atoms with Gasteiger partial charge in [0.25, 0.3) is 5.91 Å². The highest BCUT2D eigenvalue weighted by molar-refractivity contribution is 6.43. The molecule has 0 bridgehead atoms. The van der Waals surface area contributed by atoms with Crippen molar-refractivity contribution in [3.05, 3.63) is 125 Å². The summed E-state index contributed by atoms with van der Waals surface area (Å²) in [6.45, 7) is 0.381. The van der Waals surface area contributed by atoms with Gasteiger partial charge in [-0.3, -0.25) is 14.4 Å². The molecule has 0 saturated heterocycles. The molecule has 5 rings (SSSR count). The minimum absolute atomic E-state index is 0.0403. The highest BCUT2D eigenvalue weighted by Gasteiger charge is 2.41. The first-order chi connectivity index (χ1) is 25.4. The van der Waals surface area contributed by atoms with Gasteiger partial charge in [-0.1, -0.05) is 91.0 Å². The van der Waals surface area contributed by atoms with Gasteiger partial charge in [0.1, 0.15) is 0 Å². The average molecular weight is 707 g/mol. The number of aryl methyl sites for hydroxylation is 2. The lowest BCUT2D eigenvalue weighted by Gasteiger charge is -2.24. The highest BCUT2D eigenvalue weighted by Crippen LogP contribution is 2.38. The molecule has 0 radical (unpaired) electrons. The van der Waals surface area contributed by atoms with Crippen molar-refractivity contribution in [3.63, 3.8) is 0 Å². The van der Waals surface area contributed by atoms with E-state index in [0.717, 1.165) is 44.1 Å². The molecule has 0 aliphatic heterocycles. The minimum Gasteiger partial charge on any atom is -0.493 e. The van der Waals surface area contributed by atoms with Gasteiger partial charge < -0.3 is 29.6 Å². The number of rotatable bonds is 19. The molecular formula is C43H50N2O7. The number of hydrogen-bond donors (Lipinski definition) is 2. The average Bonchev–Trinajstić information content (AvgIpc) is 3.59. The third-order valence-electron chi connectivity index (χ3n) is 9.70. The second kappa shape index (κ2) is 19.5. The van der Waals surface area contributed by atoms with Crippen molar-refractivity contribution in [2.45, 2.75) is 76.2 Å². The summed E-state index contributed by atoms with van der Waals surface area (Å²) >= 11 is 0. The van der Waals surface area contributed by atoms with Gasteiger partial charge in [-0.25, -0.2) is 0 Å². The molecule has 0 aromatic heterocycles. The number of carbonyl (C=O) groups is 3. The van der Waals surface area contributed by atoms with Crippen molar-refractivity contribution in [2.24, 2.45) is 5.92 Å². The molecule has 4 aromatic rings. The van der Waals surface area contributed by atoms with Crippen LogP contribution in [0, 0.1) is 5.92 Å². The molecule has 1 aliphatic carbocycles. The molecule has 274 valence electrons. The van der Waals surface area contributed by atoms with Gasteiger partial charge in [-0.2, -0.15) is 0 Å². The normalized spacial score (nSPS) is 16.7. The van der Waals surface area contributed by atoms with Gasteiger partial charge in [0.05, 0.1) is 40.0 Å². The van der Waals surface area contributed by atoms with Crippen LogP contribution in [0.2, 0.25) is 0 Å². The minimum atomic E-state index is -0.817. The van der Waals surface area contributed by atoms with Crippen molar-refractivity contribution in [1.82, 2.24) is 10.6 Å². The van der Waals surface area contributed by atoms with E-state index in [9.17, 15) is 14.4 Å². The Bertz CT molecular complexity index is 1660. The monoisotopic (exact) mass is 706 g/mol. The van der Waals surface area contributed by atoms with E-state index in [1.807, 2.05) is 66.7 Å². The lowest BCUT2D eigenvalue weighted by Crippen LogP contribution is -2.48. The number of benzene rings is 4. The molecule has 0 heterocycles. The largest absolute Gasteiger partial charge is 0.493 e. The molecule has 1 aliphatic rings. The molecule has 3 atom stereocenters. The van der Waals surface area contributed by atoms with Crippen LogP contribution >= 0.6 is 0 Å². The molecule has 52 heavy (non-hydrogen) atoms. The Balaban J connectivity index is 1.30. The van der Waals surface area contributed by atoms with Crippen LogP contribution in [0.25, 0.3) is 0 Å². The summed E-state index contributed by atoms with van der Waals surface area (Å²) in [4.78, 5) is 41.2. The summed E-state index contributed by atoms with van der Waals surface area (Å²) < 4.78 is 22.4. The molecule has 0 unspecified atom stereocenters. The van der Waals surface area contributed by atoms with E-state index in [2.05, 4.69) is 34.9 Å². The number of ketones is 1. The molecule has 2 amide bonds. The van der Waals surface area contributed by atoms with Gasteiger partial charge in [-0.15, -0.1) is 0 Å². The number of methoxy groups -OCH3 is 3. The fourth-order valence-electron chi connectivity index (χ4n) is 6.93. The number of carbonyl (C=O) groups excluding carboxylic acids is 3. The highest BCUT2D eigenvalue weighted by atomic mass is 16.5. The zero-order valence-electron chi connectivity index (χ0n) is 30.3. The molecule has 0 spiro atoms. The van der Waals surface area contributed by atoms with E-state index in [-0.39, 0.29) is 35.1 Å². The second-order valence-electron chi connectivity index (χ2n) is 13.3.